The van der Waals surface area contributed by atoms with Crippen molar-refractivity contribution in [2.24, 2.45) is 5.92 Å². The Morgan fingerprint density at radius 3 is 2.57 bits per heavy atom. The molecular weight excluding hydrogens is 300 g/mol. The Bertz CT molecular complexity index is 544. The highest BCUT2D eigenvalue weighted by Gasteiger charge is 2.20. The van der Waals surface area contributed by atoms with Gasteiger partial charge >= 0.3 is 0 Å². The standard InChI is InChI=1S/C20H28N2S/c1-21(16-20-10-14-23-17-20)15-19-8-12-22(13-9-19)11-7-18-5-3-2-4-6-18/h2-6,10,14,17,19H,7-9,11-13,15-16H2,1H3. The van der Waals surface area contributed by atoms with Gasteiger partial charge < -0.3 is 9.80 Å². The molecule has 1 fully saturated rings. The number of hydrogen-bond acceptors (Lipinski definition) is 3. The van der Waals surface area contributed by atoms with Crippen LogP contribution in [-0.2, 0) is 13.0 Å². The van der Waals surface area contributed by atoms with Crippen molar-refractivity contribution in [2.75, 3.05) is 33.2 Å². The van der Waals surface area contributed by atoms with E-state index in [1.54, 1.807) is 11.3 Å². The van der Waals surface area contributed by atoms with E-state index >= 15 is 0 Å². The van der Waals surface area contributed by atoms with Gasteiger partial charge in [0.2, 0.25) is 0 Å². The first-order valence-corrected chi connectivity index (χ1v) is 9.70. The lowest BCUT2D eigenvalue weighted by Gasteiger charge is -2.34. The van der Waals surface area contributed by atoms with Crippen LogP contribution in [0, 0.1) is 5.92 Å². The SMILES string of the molecule is CN(Cc1ccsc1)CC1CCN(CCc2ccccc2)CC1. The molecule has 0 N–H and O–H groups in total. The van der Waals surface area contributed by atoms with Crippen LogP contribution in [0.1, 0.15) is 24.0 Å². The molecule has 2 aromatic rings. The van der Waals surface area contributed by atoms with Crippen LogP contribution < -0.4 is 0 Å². The van der Waals surface area contributed by atoms with Crippen LogP contribution in [0.15, 0.2) is 47.2 Å². The first-order valence-electron chi connectivity index (χ1n) is 8.75. The summed E-state index contributed by atoms with van der Waals surface area (Å²) in [5, 5.41) is 4.44. The Morgan fingerprint density at radius 2 is 1.87 bits per heavy atom. The molecule has 0 amide bonds. The van der Waals surface area contributed by atoms with E-state index in [-0.39, 0.29) is 0 Å². The summed E-state index contributed by atoms with van der Waals surface area (Å²) in [5.74, 6) is 0.867. The average molecular weight is 329 g/mol. The lowest BCUT2D eigenvalue weighted by Crippen LogP contribution is -2.38. The second-order valence-electron chi connectivity index (χ2n) is 6.85. The van der Waals surface area contributed by atoms with Crippen molar-refractivity contribution in [2.45, 2.75) is 25.8 Å². The Labute approximate surface area is 144 Å². The van der Waals surface area contributed by atoms with Crippen molar-refractivity contribution in [1.29, 1.82) is 0 Å². The fraction of sp³-hybridized carbons (Fsp3) is 0.500. The van der Waals surface area contributed by atoms with Gasteiger partial charge in [-0.3, -0.25) is 0 Å². The summed E-state index contributed by atoms with van der Waals surface area (Å²) in [6.07, 6.45) is 3.88. The summed E-state index contributed by atoms with van der Waals surface area (Å²) in [6.45, 7) is 6.08. The van der Waals surface area contributed by atoms with E-state index in [9.17, 15) is 0 Å². The molecule has 2 nitrogen and oxygen atoms in total. The zero-order valence-electron chi connectivity index (χ0n) is 14.2. The third-order valence-electron chi connectivity index (χ3n) is 4.87. The average Bonchev–Trinajstić information content (AvgIpc) is 3.08. The van der Waals surface area contributed by atoms with Gasteiger partial charge in [-0.1, -0.05) is 30.3 Å². The van der Waals surface area contributed by atoms with Crippen molar-refractivity contribution >= 4 is 11.3 Å². The summed E-state index contributed by atoms with van der Waals surface area (Å²) < 4.78 is 0. The summed E-state index contributed by atoms with van der Waals surface area (Å²) in [7, 11) is 2.26. The maximum Gasteiger partial charge on any atom is 0.0239 e. The highest BCUT2D eigenvalue weighted by atomic mass is 32.1. The van der Waals surface area contributed by atoms with Crippen molar-refractivity contribution in [1.82, 2.24) is 9.80 Å². The van der Waals surface area contributed by atoms with Crippen LogP contribution in [0.3, 0.4) is 0 Å². The molecule has 1 aliphatic heterocycles. The number of nitrogens with zero attached hydrogens (tertiary/aromatic N) is 2. The Kier molecular flexibility index (Phi) is 6.26. The predicted molar refractivity (Wildman–Crippen MR) is 100.0 cm³/mol. The van der Waals surface area contributed by atoms with E-state index in [1.807, 2.05) is 0 Å². The smallest absolute Gasteiger partial charge is 0.0239 e. The largest absolute Gasteiger partial charge is 0.303 e. The first kappa shape index (κ1) is 16.7. The van der Waals surface area contributed by atoms with Crippen LogP contribution in [-0.4, -0.2) is 43.0 Å². The third kappa shape index (κ3) is 5.45. The molecule has 0 atom stereocenters. The Hall–Kier alpha value is -1.16. The zero-order valence-corrected chi connectivity index (χ0v) is 15.0. The van der Waals surface area contributed by atoms with Gasteiger partial charge in [0.05, 0.1) is 0 Å². The van der Waals surface area contributed by atoms with Gasteiger partial charge in [0.25, 0.3) is 0 Å². The number of benzene rings is 1. The van der Waals surface area contributed by atoms with E-state index in [1.165, 1.54) is 56.6 Å². The van der Waals surface area contributed by atoms with Crippen LogP contribution in [0.25, 0.3) is 0 Å². The minimum atomic E-state index is 0.867. The molecule has 0 aliphatic carbocycles. The predicted octanol–water partition coefficient (Wildman–Crippen LogP) is 4.13. The zero-order chi connectivity index (χ0) is 15.9. The van der Waals surface area contributed by atoms with E-state index in [2.05, 4.69) is 64.0 Å². The Morgan fingerprint density at radius 1 is 1.09 bits per heavy atom. The molecule has 0 bridgehead atoms. The van der Waals surface area contributed by atoms with Gasteiger partial charge in [-0.15, -0.1) is 0 Å². The monoisotopic (exact) mass is 328 g/mol. The quantitative estimate of drug-likeness (QED) is 0.754. The molecule has 0 radical (unpaired) electrons. The number of piperidine rings is 1. The second kappa shape index (κ2) is 8.62. The molecule has 0 unspecified atom stereocenters. The van der Waals surface area contributed by atoms with Crippen molar-refractivity contribution < 1.29 is 0 Å². The van der Waals surface area contributed by atoms with E-state index in [4.69, 9.17) is 0 Å². The maximum atomic E-state index is 2.64. The molecular formula is C20H28N2S. The van der Waals surface area contributed by atoms with Gasteiger partial charge in [0.1, 0.15) is 0 Å². The number of likely N-dealkylation sites (tertiary alicyclic amines) is 1. The van der Waals surface area contributed by atoms with Gasteiger partial charge in [-0.25, -0.2) is 0 Å². The van der Waals surface area contributed by atoms with Gasteiger partial charge in [0.15, 0.2) is 0 Å². The van der Waals surface area contributed by atoms with Crippen LogP contribution in [0.5, 0.6) is 0 Å². The van der Waals surface area contributed by atoms with Gasteiger partial charge in [-0.05, 0) is 73.3 Å². The molecule has 124 valence electrons. The molecule has 1 aromatic carbocycles. The highest BCUT2D eigenvalue weighted by Crippen LogP contribution is 2.19. The van der Waals surface area contributed by atoms with E-state index in [0.717, 1.165) is 12.5 Å². The molecule has 0 saturated carbocycles. The molecule has 3 heteroatoms. The van der Waals surface area contributed by atoms with Crippen molar-refractivity contribution in [3.05, 3.63) is 58.3 Å². The summed E-state index contributed by atoms with van der Waals surface area (Å²) in [5.41, 5.74) is 2.92. The normalized spacial score (nSPS) is 17.0. The van der Waals surface area contributed by atoms with Crippen molar-refractivity contribution in [3.63, 3.8) is 0 Å². The highest BCUT2D eigenvalue weighted by molar-refractivity contribution is 7.07. The summed E-state index contributed by atoms with van der Waals surface area (Å²) in [6, 6.07) is 13.1. The van der Waals surface area contributed by atoms with Crippen LogP contribution >= 0.6 is 11.3 Å². The molecule has 23 heavy (non-hydrogen) atoms. The van der Waals surface area contributed by atoms with Gasteiger partial charge in [-0.2, -0.15) is 11.3 Å². The minimum Gasteiger partial charge on any atom is -0.303 e. The molecule has 1 aromatic heterocycles. The lowest BCUT2D eigenvalue weighted by molar-refractivity contribution is 0.153. The fourth-order valence-corrected chi connectivity index (χ4v) is 4.18. The van der Waals surface area contributed by atoms with E-state index < -0.39 is 0 Å². The van der Waals surface area contributed by atoms with Gasteiger partial charge in [0, 0.05) is 19.6 Å². The fourth-order valence-electron chi connectivity index (χ4n) is 3.52. The molecule has 1 saturated heterocycles. The first-order chi connectivity index (χ1) is 11.3. The van der Waals surface area contributed by atoms with Crippen molar-refractivity contribution in [3.8, 4) is 0 Å². The van der Waals surface area contributed by atoms with Crippen LogP contribution in [0.2, 0.25) is 0 Å². The topological polar surface area (TPSA) is 6.48 Å². The summed E-state index contributed by atoms with van der Waals surface area (Å²) >= 11 is 1.80. The second-order valence-corrected chi connectivity index (χ2v) is 7.63. The summed E-state index contributed by atoms with van der Waals surface area (Å²) in [4.78, 5) is 5.13. The number of thiophene rings is 1. The molecule has 2 heterocycles. The number of rotatable bonds is 7. The van der Waals surface area contributed by atoms with E-state index in [0.29, 0.717) is 0 Å². The molecule has 0 spiro atoms. The maximum absolute atomic E-state index is 2.64. The minimum absolute atomic E-state index is 0.867. The third-order valence-corrected chi connectivity index (χ3v) is 5.60. The van der Waals surface area contributed by atoms with Crippen LogP contribution in [0.4, 0.5) is 0 Å². The Balaban J connectivity index is 1.35. The molecule has 3 rings (SSSR count). The molecule has 1 aliphatic rings. The number of hydrogen-bond donors (Lipinski definition) is 0. The lowest BCUT2D eigenvalue weighted by atomic mass is 9.96.